The monoisotopic (exact) mass is 283 g/mol. The molecular weight excluding hydrogens is 266 g/mol. The van der Waals surface area contributed by atoms with Crippen molar-refractivity contribution in [3.05, 3.63) is 52.7 Å². The van der Waals surface area contributed by atoms with Gasteiger partial charge in [-0.3, -0.25) is 14.0 Å². The van der Waals surface area contributed by atoms with E-state index in [4.69, 9.17) is 5.73 Å². The molecule has 108 valence electrons. The Morgan fingerprint density at radius 2 is 2.19 bits per heavy atom. The van der Waals surface area contributed by atoms with Gasteiger partial charge in [0.25, 0.3) is 5.56 Å². The minimum atomic E-state index is -0.0410. The van der Waals surface area contributed by atoms with E-state index in [-0.39, 0.29) is 5.56 Å². The van der Waals surface area contributed by atoms with Crippen LogP contribution in [0, 0.1) is 0 Å². The molecule has 0 bridgehead atoms. The molecule has 0 atom stereocenters. The van der Waals surface area contributed by atoms with E-state index in [0.717, 1.165) is 18.5 Å². The molecule has 0 aliphatic rings. The number of nitrogen functional groups attached to an aromatic ring is 1. The zero-order chi connectivity index (χ0) is 14.8. The Morgan fingerprint density at radius 3 is 3.00 bits per heavy atom. The molecule has 2 heterocycles. The van der Waals surface area contributed by atoms with Gasteiger partial charge in [-0.05, 0) is 30.5 Å². The lowest BCUT2D eigenvalue weighted by molar-refractivity contribution is 0.616. The van der Waals surface area contributed by atoms with E-state index >= 15 is 0 Å². The number of rotatable bonds is 4. The molecular formula is C15H17N5O. The van der Waals surface area contributed by atoms with Gasteiger partial charge < -0.3 is 5.73 Å². The van der Waals surface area contributed by atoms with Gasteiger partial charge in [0.15, 0.2) is 5.65 Å². The fraction of sp³-hybridized carbons (Fsp3) is 0.267. The van der Waals surface area contributed by atoms with Gasteiger partial charge in [0.2, 0.25) is 0 Å². The number of hydrogen-bond acceptors (Lipinski definition) is 4. The van der Waals surface area contributed by atoms with Crippen molar-refractivity contribution in [3.63, 3.8) is 0 Å². The quantitative estimate of drug-likeness (QED) is 0.733. The fourth-order valence-corrected chi connectivity index (χ4v) is 2.43. The van der Waals surface area contributed by atoms with Gasteiger partial charge in [-0.2, -0.15) is 5.10 Å². The van der Waals surface area contributed by atoms with E-state index in [1.165, 1.54) is 5.56 Å². The van der Waals surface area contributed by atoms with Crippen molar-refractivity contribution >= 4 is 16.7 Å². The average Bonchev–Trinajstić information content (AvgIpc) is 2.84. The van der Waals surface area contributed by atoms with Crippen LogP contribution in [0.4, 0.5) is 5.69 Å². The highest BCUT2D eigenvalue weighted by Crippen LogP contribution is 2.09. The summed E-state index contributed by atoms with van der Waals surface area (Å²) in [7, 11) is 1.78. The first-order chi connectivity index (χ1) is 10.1. The highest BCUT2D eigenvalue weighted by Gasteiger charge is 2.07. The molecule has 21 heavy (non-hydrogen) atoms. The second-order valence-electron chi connectivity index (χ2n) is 5.10. The van der Waals surface area contributed by atoms with E-state index in [9.17, 15) is 4.79 Å². The third kappa shape index (κ3) is 2.65. The number of aryl methyl sites for hydroxylation is 3. The highest BCUT2D eigenvalue weighted by atomic mass is 16.1. The molecule has 0 unspecified atom stereocenters. The molecule has 6 nitrogen and oxygen atoms in total. The van der Waals surface area contributed by atoms with E-state index in [1.807, 2.05) is 24.3 Å². The maximum atomic E-state index is 12.3. The van der Waals surface area contributed by atoms with Gasteiger partial charge in [0.05, 0.1) is 12.5 Å². The number of nitrogens with zero attached hydrogens (tertiary/aromatic N) is 4. The van der Waals surface area contributed by atoms with Crippen molar-refractivity contribution in [3.8, 4) is 0 Å². The Balaban J connectivity index is 1.74. The van der Waals surface area contributed by atoms with Gasteiger partial charge >= 0.3 is 0 Å². The highest BCUT2D eigenvalue weighted by molar-refractivity contribution is 5.72. The van der Waals surface area contributed by atoms with Gasteiger partial charge in [-0.1, -0.05) is 12.1 Å². The summed E-state index contributed by atoms with van der Waals surface area (Å²) in [5, 5.41) is 4.62. The van der Waals surface area contributed by atoms with Crippen molar-refractivity contribution in [2.24, 2.45) is 7.05 Å². The Labute approximate surface area is 121 Å². The smallest absolute Gasteiger partial charge is 0.264 e. The van der Waals surface area contributed by atoms with Crippen molar-refractivity contribution in [1.82, 2.24) is 19.3 Å². The lowest BCUT2D eigenvalue weighted by Gasteiger charge is -2.06. The second-order valence-corrected chi connectivity index (χ2v) is 5.10. The SMILES string of the molecule is Cn1ncc2c(=O)n(CCCc3cccc(N)c3)cnc21. The summed E-state index contributed by atoms with van der Waals surface area (Å²) in [6.07, 6.45) is 4.89. The third-order valence-electron chi connectivity index (χ3n) is 3.53. The number of aromatic nitrogens is 4. The molecule has 3 rings (SSSR count). The average molecular weight is 283 g/mol. The number of benzene rings is 1. The molecule has 0 fully saturated rings. The summed E-state index contributed by atoms with van der Waals surface area (Å²) in [5.41, 5.74) is 8.28. The van der Waals surface area contributed by atoms with Gasteiger partial charge in [-0.25, -0.2) is 4.98 Å². The van der Waals surface area contributed by atoms with Crippen LogP contribution >= 0.6 is 0 Å². The lowest BCUT2D eigenvalue weighted by Crippen LogP contribution is -2.20. The molecule has 1 aromatic carbocycles. The summed E-state index contributed by atoms with van der Waals surface area (Å²) in [6.45, 7) is 0.630. The molecule has 0 saturated carbocycles. The summed E-state index contributed by atoms with van der Waals surface area (Å²) < 4.78 is 3.24. The van der Waals surface area contributed by atoms with Crippen LogP contribution in [0.5, 0.6) is 0 Å². The van der Waals surface area contributed by atoms with E-state index in [1.54, 1.807) is 28.8 Å². The van der Waals surface area contributed by atoms with Gasteiger partial charge in [0.1, 0.15) is 5.39 Å². The Hall–Kier alpha value is -2.63. The zero-order valence-electron chi connectivity index (χ0n) is 11.9. The van der Waals surface area contributed by atoms with Gasteiger partial charge in [0, 0.05) is 19.3 Å². The van der Waals surface area contributed by atoms with E-state index in [0.29, 0.717) is 17.6 Å². The predicted octanol–water partition coefficient (Wildman–Crippen LogP) is 1.35. The van der Waals surface area contributed by atoms with Crippen molar-refractivity contribution < 1.29 is 0 Å². The number of hydrogen-bond donors (Lipinski definition) is 1. The van der Waals surface area contributed by atoms with E-state index in [2.05, 4.69) is 10.1 Å². The maximum absolute atomic E-state index is 12.3. The molecule has 0 amide bonds. The third-order valence-corrected chi connectivity index (χ3v) is 3.53. The minimum absolute atomic E-state index is 0.0410. The largest absolute Gasteiger partial charge is 0.399 e. The molecule has 0 radical (unpaired) electrons. The Kier molecular flexibility index (Phi) is 3.43. The lowest BCUT2D eigenvalue weighted by atomic mass is 10.1. The molecule has 0 aliphatic heterocycles. The van der Waals surface area contributed by atoms with Gasteiger partial charge in [-0.15, -0.1) is 0 Å². The summed E-state index contributed by atoms with van der Waals surface area (Å²) >= 11 is 0. The first-order valence-electron chi connectivity index (χ1n) is 6.87. The number of fused-ring (bicyclic) bond motifs is 1. The summed E-state index contributed by atoms with van der Waals surface area (Å²) in [5.74, 6) is 0. The molecule has 2 N–H and O–H groups in total. The molecule has 6 heteroatoms. The van der Waals surface area contributed by atoms with Crippen LogP contribution in [0.2, 0.25) is 0 Å². The van der Waals surface area contributed by atoms with Crippen LogP contribution in [0.3, 0.4) is 0 Å². The zero-order valence-corrected chi connectivity index (χ0v) is 11.9. The summed E-state index contributed by atoms with van der Waals surface area (Å²) in [6, 6.07) is 7.82. The van der Waals surface area contributed by atoms with E-state index < -0.39 is 0 Å². The maximum Gasteiger partial charge on any atom is 0.264 e. The molecule has 3 aromatic rings. The van der Waals surface area contributed by atoms with Crippen molar-refractivity contribution in [2.75, 3.05) is 5.73 Å². The molecule has 0 aliphatic carbocycles. The summed E-state index contributed by atoms with van der Waals surface area (Å²) in [4.78, 5) is 16.6. The van der Waals surface area contributed by atoms with Crippen LogP contribution in [0.15, 0.2) is 41.6 Å². The standard InChI is InChI=1S/C15H17N5O/c1-19-14-13(9-18-19)15(21)20(10-17-14)7-3-5-11-4-2-6-12(16)8-11/h2,4,6,8-10H,3,5,7,16H2,1H3. The van der Waals surface area contributed by atoms with Crippen molar-refractivity contribution in [1.29, 1.82) is 0 Å². The Morgan fingerprint density at radius 1 is 1.33 bits per heavy atom. The van der Waals surface area contributed by atoms with Crippen LogP contribution in [0.25, 0.3) is 11.0 Å². The van der Waals surface area contributed by atoms with Crippen molar-refractivity contribution in [2.45, 2.75) is 19.4 Å². The molecule has 0 saturated heterocycles. The van der Waals surface area contributed by atoms with Crippen LogP contribution in [0.1, 0.15) is 12.0 Å². The minimum Gasteiger partial charge on any atom is -0.399 e. The second kappa shape index (κ2) is 5.40. The van der Waals surface area contributed by atoms with Crippen LogP contribution < -0.4 is 11.3 Å². The van der Waals surface area contributed by atoms with Crippen LogP contribution in [-0.2, 0) is 20.0 Å². The first-order valence-corrected chi connectivity index (χ1v) is 6.87. The number of nitrogens with two attached hydrogens (primary N) is 1. The predicted molar refractivity (Wildman–Crippen MR) is 81.9 cm³/mol. The molecule has 2 aromatic heterocycles. The fourth-order valence-electron chi connectivity index (χ4n) is 2.43. The van der Waals surface area contributed by atoms with Crippen LogP contribution in [-0.4, -0.2) is 19.3 Å². The molecule has 0 spiro atoms. The first kappa shape index (κ1) is 13.4. The normalized spacial score (nSPS) is 11.1. The Bertz CT molecular complexity index is 833. The topological polar surface area (TPSA) is 78.7 Å². The number of anilines is 1.